The molecule has 2 rings (SSSR count). The molecule has 80 valence electrons. The zero-order valence-corrected chi connectivity index (χ0v) is 9.68. The summed E-state index contributed by atoms with van der Waals surface area (Å²) in [4.78, 5) is 11.1. The van der Waals surface area contributed by atoms with Gasteiger partial charge in [-0.3, -0.25) is 0 Å². The van der Waals surface area contributed by atoms with Gasteiger partial charge in [-0.25, -0.2) is 4.39 Å². The van der Waals surface area contributed by atoms with E-state index < -0.39 is 11.2 Å². The van der Waals surface area contributed by atoms with Crippen LogP contribution in [0.2, 0.25) is 0 Å². The van der Waals surface area contributed by atoms with Crippen molar-refractivity contribution >= 4 is 27.9 Å². The Morgan fingerprint density at radius 1 is 1.47 bits per heavy atom. The molecule has 0 spiro atoms. The highest BCUT2D eigenvalue weighted by molar-refractivity contribution is 9.10. The van der Waals surface area contributed by atoms with Crippen LogP contribution < -0.4 is 5.73 Å². The van der Waals surface area contributed by atoms with Gasteiger partial charge in [0.15, 0.2) is 0 Å². The number of aldehydes is 1. The highest BCUT2D eigenvalue weighted by Crippen LogP contribution is 2.46. The van der Waals surface area contributed by atoms with Gasteiger partial charge in [-0.15, -0.1) is 0 Å². The Balaban J connectivity index is 2.60. The van der Waals surface area contributed by atoms with Crippen LogP contribution in [0, 0.1) is 5.82 Å². The predicted molar refractivity (Wildman–Crippen MR) is 60.1 cm³/mol. The van der Waals surface area contributed by atoms with E-state index in [4.69, 9.17) is 5.73 Å². The first-order valence-electron chi connectivity index (χ1n) is 4.81. The van der Waals surface area contributed by atoms with Gasteiger partial charge in [0.05, 0.1) is 9.89 Å². The second kappa shape index (κ2) is 3.59. The zero-order valence-electron chi connectivity index (χ0n) is 8.09. The van der Waals surface area contributed by atoms with E-state index in [-0.39, 0.29) is 0 Å². The molecule has 2 nitrogen and oxygen atoms in total. The molecule has 0 aliphatic heterocycles. The summed E-state index contributed by atoms with van der Waals surface area (Å²) in [6.45, 7) is 0. The fourth-order valence-electron chi connectivity index (χ4n) is 2.06. The standard InChI is InChI=1S/C11H11BrFNO/c12-7-2-3-8(14)9(10(7)13)11(6-15)4-1-5-11/h2-3,6H,1,4-5,14H2. The molecule has 1 aliphatic carbocycles. The summed E-state index contributed by atoms with van der Waals surface area (Å²) >= 11 is 3.11. The molecular weight excluding hydrogens is 261 g/mol. The smallest absolute Gasteiger partial charge is 0.143 e. The molecule has 0 atom stereocenters. The predicted octanol–water partition coefficient (Wildman–Crippen LogP) is 2.79. The molecule has 0 radical (unpaired) electrons. The van der Waals surface area contributed by atoms with Crippen LogP contribution in [0.1, 0.15) is 24.8 Å². The van der Waals surface area contributed by atoms with Crippen molar-refractivity contribution in [3.63, 3.8) is 0 Å². The van der Waals surface area contributed by atoms with E-state index in [2.05, 4.69) is 15.9 Å². The largest absolute Gasteiger partial charge is 0.398 e. The lowest BCUT2D eigenvalue weighted by Crippen LogP contribution is -2.37. The average Bonchev–Trinajstić information content (AvgIpc) is 2.16. The molecule has 0 unspecified atom stereocenters. The lowest BCUT2D eigenvalue weighted by molar-refractivity contribution is -0.115. The summed E-state index contributed by atoms with van der Waals surface area (Å²) in [5.74, 6) is -0.401. The first kappa shape index (κ1) is 10.6. The molecule has 0 saturated heterocycles. The molecule has 0 amide bonds. The third-order valence-electron chi connectivity index (χ3n) is 3.10. The maximum Gasteiger partial charge on any atom is 0.143 e. The number of halogens is 2. The van der Waals surface area contributed by atoms with Crippen LogP contribution >= 0.6 is 15.9 Å². The van der Waals surface area contributed by atoms with E-state index in [1.54, 1.807) is 12.1 Å². The molecule has 1 aromatic rings. The van der Waals surface area contributed by atoms with E-state index in [1.165, 1.54) is 0 Å². The second-order valence-corrected chi connectivity index (χ2v) is 4.81. The monoisotopic (exact) mass is 271 g/mol. The third-order valence-corrected chi connectivity index (χ3v) is 3.71. The normalized spacial score (nSPS) is 18.3. The van der Waals surface area contributed by atoms with Gasteiger partial charge in [0.25, 0.3) is 0 Å². The molecule has 1 aromatic carbocycles. The molecule has 2 N–H and O–H groups in total. The molecule has 15 heavy (non-hydrogen) atoms. The number of nitrogen functional groups attached to an aromatic ring is 1. The number of benzene rings is 1. The van der Waals surface area contributed by atoms with Gasteiger partial charge in [-0.05, 0) is 40.9 Å². The molecule has 1 aliphatic rings. The summed E-state index contributed by atoms with van der Waals surface area (Å²) in [7, 11) is 0. The lowest BCUT2D eigenvalue weighted by atomic mass is 9.65. The Bertz CT molecular complexity index is 415. The Hall–Kier alpha value is -0.900. The zero-order chi connectivity index (χ0) is 11.1. The van der Waals surface area contributed by atoms with E-state index in [0.29, 0.717) is 28.6 Å². The third kappa shape index (κ3) is 1.47. The topological polar surface area (TPSA) is 43.1 Å². The molecule has 0 aromatic heterocycles. The summed E-state index contributed by atoms with van der Waals surface area (Å²) < 4.78 is 14.2. The molecule has 0 heterocycles. The van der Waals surface area contributed by atoms with Crippen LogP contribution in [0.25, 0.3) is 0 Å². The van der Waals surface area contributed by atoms with Crippen molar-refractivity contribution < 1.29 is 9.18 Å². The van der Waals surface area contributed by atoms with Crippen LogP contribution in [-0.4, -0.2) is 6.29 Å². The van der Waals surface area contributed by atoms with Crippen LogP contribution in [0.5, 0.6) is 0 Å². The van der Waals surface area contributed by atoms with Crippen molar-refractivity contribution in [2.45, 2.75) is 24.7 Å². The summed E-state index contributed by atoms with van der Waals surface area (Å²) in [5.41, 5.74) is 5.78. The van der Waals surface area contributed by atoms with Crippen LogP contribution in [0.4, 0.5) is 10.1 Å². The number of hydrogen-bond donors (Lipinski definition) is 1. The van der Waals surface area contributed by atoms with Gasteiger partial charge in [-0.1, -0.05) is 6.42 Å². The Labute approximate surface area is 95.8 Å². The summed E-state index contributed by atoms with van der Waals surface area (Å²) in [5, 5.41) is 0. The van der Waals surface area contributed by atoms with Gasteiger partial charge < -0.3 is 10.5 Å². The van der Waals surface area contributed by atoms with Gasteiger partial charge in [0.2, 0.25) is 0 Å². The highest BCUT2D eigenvalue weighted by atomic mass is 79.9. The molecule has 0 bridgehead atoms. The number of anilines is 1. The van der Waals surface area contributed by atoms with Crippen molar-refractivity contribution in [3.05, 3.63) is 28.0 Å². The SMILES string of the molecule is Nc1ccc(Br)c(F)c1C1(C=O)CCC1. The molecule has 1 saturated carbocycles. The van der Waals surface area contributed by atoms with Crippen molar-refractivity contribution in [1.29, 1.82) is 0 Å². The maximum atomic E-state index is 13.9. The Morgan fingerprint density at radius 3 is 2.60 bits per heavy atom. The van der Waals surface area contributed by atoms with Crippen molar-refractivity contribution in [2.24, 2.45) is 0 Å². The highest BCUT2D eigenvalue weighted by Gasteiger charge is 2.42. The number of rotatable bonds is 2. The molecule has 4 heteroatoms. The quantitative estimate of drug-likeness (QED) is 0.664. The Morgan fingerprint density at radius 2 is 2.13 bits per heavy atom. The number of hydrogen-bond acceptors (Lipinski definition) is 2. The Kier molecular flexibility index (Phi) is 2.54. The van der Waals surface area contributed by atoms with Gasteiger partial charge in [0, 0.05) is 11.3 Å². The van der Waals surface area contributed by atoms with Gasteiger partial charge in [0.1, 0.15) is 12.1 Å². The lowest BCUT2D eigenvalue weighted by Gasteiger charge is -2.38. The van der Waals surface area contributed by atoms with Crippen molar-refractivity contribution in [2.75, 3.05) is 5.73 Å². The number of carbonyl (C=O) groups excluding carboxylic acids is 1. The second-order valence-electron chi connectivity index (χ2n) is 3.95. The molecular formula is C11H11BrFNO. The van der Waals surface area contributed by atoms with Crippen LogP contribution in [0.3, 0.4) is 0 Å². The van der Waals surface area contributed by atoms with E-state index in [9.17, 15) is 9.18 Å². The number of nitrogens with two attached hydrogens (primary N) is 1. The van der Waals surface area contributed by atoms with Crippen molar-refractivity contribution in [1.82, 2.24) is 0 Å². The minimum atomic E-state index is -0.683. The first-order valence-corrected chi connectivity index (χ1v) is 5.60. The summed E-state index contributed by atoms with van der Waals surface area (Å²) in [6.07, 6.45) is 3.16. The average molecular weight is 272 g/mol. The van der Waals surface area contributed by atoms with E-state index in [0.717, 1.165) is 12.7 Å². The first-order chi connectivity index (χ1) is 7.10. The van der Waals surface area contributed by atoms with Gasteiger partial charge in [-0.2, -0.15) is 0 Å². The van der Waals surface area contributed by atoms with E-state index in [1.807, 2.05) is 0 Å². The number of carbonyl (C=O) groups is 1. The molecule has 1 fully saturated rings. The minimum absolute atomic E-state index is 0.359. The fraction of sp³-hybridized carbons (Fsp3) is 0.364. The maximum absolute atomic E-state index is 13.9. The van der Waals surface area contributed by atoms with Crippen LogP contribution in [-0.2, 0) is 10.2 Å². The van der Waals surface area contributed by atoms with Crippen LogP contribution in [0.15, 0.2) is 16.6 Å². The minimum Gasteiger partial charge on any atom is -0.398 e. The van der Waals surface area contributed by atoms with Gasteiger partial charge >= 0.3 is 0 Å². The summed E-state index contributed by atoms with van der Waals surface area (Å²) in [6, 6.07) is 3.19. The fourth-order valence-corrected chi connectivity index (χ4v) is 2.39. The van der Waals surface area contributed by atoms with Crippen molar-refractivity contribution in [3.8, 4) is 0 Å². The van der Waals surface area contributed by atoms with E-state index >= 15 is 0 Å².